The van der Waals surface area contributed by atoms with Gasteiger partial charge in [0.1, 0.15) is 11.8 Å². The maximum absolute atomic E-state index is 12.5. The molecule has 2 aromatic carbocycles. The molecule has 168 valence electrons. The number of carbonyl (C=O) groups excluding carboxylic acids is 2. The lowest BCUT2D eigenvalue weighted by molar-refractivity contribution is -0.131. The van der Waals surface area contributed by atoms with Crippen LogP contribution < -0.4 is 10.1 Å². The number of sulfone groups is 1. The molecule has 31 heavy (non-hydrogen) atoms. The van der Waals surface area contributed by atoms with E-state index in [-0.39, 0.29) is 26.4 Å². The third-order valence-electron chi connectivity index (χ3n) is 4.43. The van der Waals surface area contributed by atoms with Crippen molar-refractivity contribution in [2.45, 2.75) is 24.3 Å². The molecule has 1 N–H and O–H groups in total. The van der Waals surface area contributed by atoms with Crippen molar-refractivity contribution in [2.75, 3.05) is 26.5 Å². The molecular weight excluding hydrogens is 463 g/mol. The maximum Gasteiger partial charge on any atom is 0.253 e. The van der Waals surface area contributed by atoms with Crippen molar-refractivity contribution in [1.82, 2.24) is 10.2 Å². The van der Waals surface area contributed by atoms with Gasteiger partial charge in [-0.2, -0.15) is 0 Å². The van der Waals surface area contributed by atoms with E-state index in [4.69, 9.17) is 27.9 Å². The van der Waals surface area contributed by atoms with Crippen LogP contribution in [0.5, 0.6) is 5.75 Å². The minimum atomic E-state index is -3.31. The second kappa shape index (κ2) is 10.8. The van der Waals surface area contributed by atoms with Gasteiger partial charge in [0.2, 0.25) is 5.91 Å². The normalized spacial score (nSPS) is 12.2. The van der Waals surface area contributed by atoms with Gasteiger partial charge in [-0.15, -0.1) is 0 Å². The second-order valence-corrected chi connectivity index (χ2v) is 9.81. The van der Waals surface area contributed by atoms with E-state index >= 15 is 0 Å². The Morgan fingerprint density at radius 1 is 1.16 bits per heavy atom. The fraction of sp³-hybridized carbons (Fsp3) is 0.333. The molecule has 7 nitrogen and oxygen atoms in total. The van der Waals surface area contributed by atoms with E-state index in [2.05, 4.69) is 5.32 Å². The molecule has 1 unspecified atom stereocenters. The average Bonchev–Trinajstić information content (AvgIpc) is 2.71. The molecule has 0 aliphatic carbocycles. The smallest absolute Gasteiger partial charge is 0.253 e. The van der Waals surface area contributed by atoms with E-state index < -0.39 is 21.8 Å². The van der Waals surface area contributed by atoms with Crippen molar-refractivity contribution in [2.24, 2.45) is 0 Å². The fourth-order valence-electron chi connectivity index (χ4n) is 2.74. The number of nitrogens with one attached hydrogen (secondary N) is 1. The molecule has 1 atom stereocenters. The highest BCUT2D eigenvalue weighted by atomic mass is 35.5. The van der Waals surface area contributed by atoms with Crippen molar-refractivity contribution in [3.8, 4) is 5.75 Å². The van der Waals surface area contributed by atoms with E-state index in [0.717, 1.165) is 6.26 Å². The first-order valence-electron chi connectivity index (χ1n) is 9.43. The second-order valence-electron chi connectivity index (χ2n) is 7.01. The summed E-state index contributed by atoms with van der Waals surface area (Å²) in [6.45, 7) is 2.27. The Bertz CT molecular complexity index is 1060. The van der Waals surface area contributed by atoms with Gasteiger partial charge in [-0.05, 0) is 43.7 Å². The van der Waals surface area contributed by atoms with Crippen LogP contribution >= 0.6 is 23.2 Å². The number of hydrogen-bond donors (Lipinski definition) is 1. The molecule has 0 heterocycles. The summed E-state index contributed by atoms with van der Waals surface area (Å²) in [4.78, 5) is 26.6. The maximum atomic E-state index is 12.5. The quantitative estimate of drug-likeness (QED) is 0.547. The number of ether oxygens (including phenoxy) is 1. The molecule has 0 aromatic heterocycles. The lowest BCUT2D eigenvalue weighted by atomic mass is 10.2. The Morgan fingerprint density at radius 3 is 2.52 bits per heavy atom. The Balaban J connectivity index is 1.83. The monoisotopic (exact) mass is 486 g/mol. The van der Waals surface area contributed by atoms with E-state index in [1.54, 1.807) is 38.2 Å². The highest BCUT2D eigenvalue weighted by molar-refractivity contribution is 7.90. The molecule has 0 saturated carbocycles. The number of hydrogen-bond acceptors (Lipinski definition) is 5. The Kier molecular flexibility index (Phi) is 8.73. The topological polar surface area (TPSA) is 92.8 Å². The molecule has 0 radical (unpaired) electrons. The summed E-state index contributed by atoms with van der Waals surface area (Å²) in [5.74, 6) is -0.322. The predicted molar refractivity (Wildman–Crippen MR) is 121 cm³/mol. The third-order valence-corrected chi connectivity index (χ3v) is 6.36. The molecule has 2 amide bonds. The highest BCUT2D eigenvalue weighted by Crippen LogP contribution is 2.25. The number of amides is 2. The van der Waals surface area contributed by atoms with Gasteiger partial charge >= 0.3 is 0 Å². The minimum Gasteiger partial charge on any atom is -0.493 e. The van der Waals surface area contributed by atoms with E-state index in [0.29, 0.717) is 25.3 Å². The number of benzene rings is 2. The average molecular weight is 487 g/mol. The van der Waals surface area contributed by atoms with Gasteiger partial charge in [-0.3, -0.25) is 9.59 Å². The van der Waals surface area contributed by atoms with Gasteiger partial charge in [0.25, 0.3) is 5.91 Å². The van der Waals surface area contributed by atoms with Crippen LogP contribution in [-0.2, 0) is 14.6 Å². The van der Waals surface area contributed by atoms with Crippen molar-refractivity contribution in [3.63, 3.8) is 0 Å². The van der Waals surface area contributed by atoms with Crippen molar-refractivity contribution in [3.05, 3.63) is 58.1 Å². The first kappa shape index (κ1) is 25.0. The van der Waals surface area contributed by atoms with Crippen LogP contribution in [0.15, 0.2) is 47.4 Å². The molecule has 2 rings (SSSR count). The molecule has 0 saturated heterocycles. The van der Waals surface area contributed by atoms with Crippen LogP contribution in [0, 0.1) is 0 Å². The zero-order valence-electron chi connectivity index (χ0n) is 17.4. The largest absolute Gasteiger partial charge is 0.493 e. The Hall–Kier alpha value is -2.29. The van der Waals surface area contributed by atoms with Crippen LogP contribution in [0.1, 0.15) is 23.7 Å². The number of rotatable bonds is 9. The molecule has 10 heteroatoms. The first-order valence-corrected chi connectivity index (χ1v) is 12.1. The molecule has 0 aliphatic heterocycles. The molecule has 0 fully saturated rings. The lowest BCUT2D eigenvalue weighted by Gasteiger charge is -2.22. The van der Waals surface area contributed by atoms with E-state index in [9.17, 15) is 18.0 Å². The van der Waals surface area contributed by atoms with Gasteiger partial charge in [0.15, 0.2) is 9.84 Å². The summed E-state index contributed by atoms with van der Waals surface area (Å²) in [5, 5.41) is 3.01. The Labute approximate surface area is 192 Å². The predicted octanol–water partition coefficient (Wildman–Crippen LogP) is 3.44. The van der Waals surface area contributed by atoms with E-state index in [1.165, 1.54) is 23.1 Å². The standard InChI is InChI=1S/C21H24Cl2N2O5S/c1-14(24-20(26)17-9-5-10-18(22)19(17)23)21(27)25(2)11-6-12-30-15-7-4-8-16(13-15)31(3,28)29/h4-5,7-10,13-14H,6,11-12H2,1-3H3,(H,24,26). The third kappa shape index (κ3) is 7.12. The van der Waals surface area contributed by atoms with Crippen LogP contribution in [0.25, 0.3) is 0 Å². The van der Waals surface area contributed by atoms with Crippen molar-refractivity contribution < 1.29 is 22.7 Å². The van der Waals surface area contributed by atoms with Crippen molar-refractivity contribution >= 4 is 44.9 Å². The molecular formula is C21H24Cl2N2O5S. The molecule has 0 bridgehead atoms. The van der Waals surface area contributed by atoms with Crippen LogP contribution in [0.4, 0.5) is 0 Å². The number of likely N-dealkylation sites (N-methyl/N-ethyl adjacent to an activating group) is 1. The van der Waals surface area contributed by atoms with Crippen LogP contribution in [0.2, 0.25) is 10.0 Å². The van der Waals surface area contributed by atoms with Crippen LogP contribution in [-0.4, -0.2) is 57.6 Å². The highest BCUT2D eigenvalue weighted by Gasteiger charge is 2.21. The summed E-state index contributed by atoms with van der Waals surface area (Å²) in [6.07, 6.45) is 1.65. The van der Waals surface area contributed by atoms with Gasteiger partial charge in [-0.1, -0.05) is 35.3 Å². The Morgan fingerprint density at radius 2 is 1.84 bits per heavy atom. The van der Waals surface area contributed by atoms with Gasteiger partial charge in [0, 0.05) is 19.8 Å². The summed E-state index contributed by atoms with van der Waals surface area (Å²) < 4.78 is 28.8. The number of halogens is 2. The summed E-state index contributed by atoms with van der Waals surface area (Å²) in [6, 6.07) is 10.2. The minimum absolute atomic E-state index is 0.131. The molecule has 0 aliphatic rings. The lowest BCUT2D eigenvalue weighted by Crippen LogP contribution is -2.46. The SMILES string of the molecule is CC(NC(=O)c1cccc(Cl)c1Cl)C(=O)N(C)CCCOc1cccc(S(C)(=O)=O)c1. The van der Waals surface area contributed by atoms with Gasteiger partial charge in [0.05, 0.1) is 27.1 Å². The van der Waals surface area contributed by atoms with E-state index in [1.807, 2.05) is 0 Å². The number of carbonyl (C=O) groups is 2. The molecule has 2 aromatic rings. The summed E-state index contributed by atoms with van der Waals surface area (Å²) in [7, 11) is -1.68. The molecule has 0 spiro atoms. The van der Waals surface area contributed by atoms with Crippen molar-refractivity contribution in [1.29, 1.82) is 0 Å². The number of nitrogens with zero attached hydrogens (tertiary/aromatic N) is 1. The fourth-order valence-corrected chi connectivity index (χ4v) is 3.78. The van der Waals surface area contributed by atoms with Crippen LogP contribution in [0.3, 0.4) is 0 Å². The zero-order valence-corrected chi connectivity index (χ0v) is 19.7. The summed E-state index contributed by atoms with van der Waals surface area (Å²) >= 11 is 12.0. The van der Waals surface area contributed by atoms with Gasteiger partial charge < -0.3 is 15.0 Å². The van der Waals surface area contributed by atoms with Gasteiger partial charge in [-0.25, -0.2) is 8.42 Å². The summed E-state index contributed by atoms with van der Waals surface area (Å²) in [5.41, 5.74) is 0.196. The first-order chi connectivity index (χ1) is 14.5. The zero-order chi connectivity index (χ0) is 23.2.